The molecule has 82 valence electrons. The molecule has 0 unspecified atom stereocenters. The molecule has 3 nitrogen and oxygen atoms in total. The van der Waals surface area contributed by atoms with Crippen LogP contribution in [0.2, 0.25) is 0 Å². The van der Waals surface area contributed by atoms with Crippen LogP contribution in [0.25, 0.3) is 0 Å². The molecule has 0 spiro atoms. The molecule has 0 bridgehead atoms. The third-order valence-electron chi connectivity index (χ3n) is 2.40. The van der Waals surface area contributed by atoms with E-state index in [0.29, 0.717) is 12.8 Å². The summed E-state index contributed by atoms with van der Waals surface area (Å²) in [6.07, 6.45) is 2.92. The predicted molar refractivity (Wildman–Crippen MR) is 52.3 cm³/mol. The smallest absolute Gasteiger partial charge is 0.318 e. The Kier molecular flexibility index (Phi) is 3.47. The number of alkyl halides is 3. The van der Waals surface area contributed by atoms with E-state index in [1.54, 1.807) is 0 Å². The van der Waals surface area contributed by atoms with Gasteiger partial charge in [-0.25, -0.2) is 0 Å². The normalized spacial score (nSPS) is 20.9. The van der Waals surface area contributed by atoms with Gasteiger partial charge in [0.1, 0.15) is 0 Å². The van der Waals surface area contributed by atoms with Crippen molar-refractivity contribution in [2.75, 3.05) is 6.54 Å². The zero-order chi connectivity index (χ0) is 10.8. The molecule has 0 heterocycles. The van der Waals surface area contributed by atoms with E-state index in [-0.39, 0.29) is 0 Å². The summed E-state index contributed by atoms with van der Waals surface area (Å²) in [5, 5.41) is 2.14. The standard InChI is InChI=1S/C8H13BrF2N2O/c9-8(10,11)5-13-6(14)7(12)3-1-2-4-7/h1-5,12H2,(H,13,14). The highest BCUT2D eigenvalue weighted by atomic mass is 79.9. The van der Waals surface area contributed by atoms with Crippen LogP contribution in [-0.4, -0.2) is 22.8 Å². The largest absolute Gasteiger partial charge is 0.347 e. The number of hydrogen-bond acceptors (Lipinski definition) is 2. The topological polar surface area (TPSA) is 55.1 Å². The van der Waals surface area contributed by atoms with Crippen molar-refractivity contribution >= 4 is 21.8 Å². The lowest BCUT2D eigenvalue weighted by atomic mass is 9.98. The van der Waals surface area contributed by atoms with E-state index in [9.17, 15) is 13.6 Å². The number of hydrogen-bond donors (Lipinski definition) is 2. The minimum absolute atomic E-state index is 0.478. The molecule has 0 aromatic carbocycles. The number of rotatable bonds is 3. The second-order valence-electron chi connectivity index (χ2n) is 3.66. The molecule has 6 heteroatoms. The Labute approximate surface area is 89.5 Å². The van der Waals surface area contributed by atoms with Crippen molar-refractivity contribution in [1.82, 2.24) is 5.32 Å². The Balaban J connectivity index is 2.42. The lowest BCUT2D eigenvalue weighted by molar-refractivity contribution is -0.127. The van der Waals surface area contributed by atoms with Crippen molar-refractivity contribution in [3.8, 4) is 0 Å². The molecule has 1 aliphatic carbocycles. The fourth-order valence-corrected chi connectivity index (χ4v) is 1.73. The van der Waals surface area contributed by atoms with Crippen LogP contribution in [0, 0.1) is 0 Å². The number of carbonyl (C=O) groups excluding carboxylic acids is 1. The molecule has 1 fully saturated rings. The summed E-state index contributed by atoms with van der Waals surface area (Å²) in [5.74, 6) is -0.478. The third kappa shape index (κ3) is 3.16. The zero-order valence-corrected chi connectivity index (χ0v) is 9.24. The average molecular weight is 271 g/mol. The third-order valence-corrected chi connectivity index (χ3v) is 2.68. The predicted octanol–water partition coefficient (Wildman–Crippen LogP) is 1.36. The number of halogens is 3. The van der Waals surface area contributed by atoms with Crippen LogP contribution < -0.4 is 11.1 Å². The average Bonchev–Trinajstić information content (AvgIpc) is 2.48. The summed E-state index contributed by atoms with van der Waals surface area (Å²) in [4.78, 5) is 8.37. The van der Waals surface area contributed by atoms with Gasteiger partial charge in [0, 0.05) is 0 Å². The molecule has 0 aromatic heterocycles. The second-order valence-corrected chi connectivity index (χ2v) is 4.82. The van der Waals surface area contributed by atoms with Gasteiger partial charge in [-0.3, -0.25) is 4.79 Å². The van der Waals surface area contributed by atoms with Gasteiger partial charge in [-0.05, 0) is 28.8 Å². The van der Waals surface area contributed by atoms with Crippen molar-refractivity contribution in [3.05, 3.63) is 0 Å². The highest BCUT2D eigenvalue weighted by Crippen LogP contribution is 2.27. The first-order valence-electron chi connectivity index (χ1n) is 4.47. The Morgan fingerprint density at radius 3 is 2.43 bits per heavy atom. The molecule has 1 saturated carbocycles. The lowest BCUT2D eigenvalue weighted by Crippen LogP contribution is -2.53. The summed E-state index contributed by atoms with van der Waals surface area (Å²) >= 11 is 2.14. The van der Waals surface area contributed by atoms with Crippen LogP contribution in [0.4, 0.5) is 8.78 Å². The van der Waals surface area contributed by atoms with E-state index in [1.165, 1.54) is 0 Å². The summed E-state index contributed by atoms with van der Waals surface area (Å²) in [7, 11) is 0. The molecular weight excluding hydrogens is 258 g/mol. The number of nitrogens with one attached hydrogen (secondary N) is 1. The summed E-state index contributed by atoms with van der Waals surface area (Å²) in [5.41, 5.74) is 4.83. The summed E-state index contributed by atoms with van der Waals surface area (Å²) in [6, 6.07) is 0. The first kappa shape index (κ1) is 11.8. The first-order chi connectivity index (χ1) is 6.33. The number of carbonyl (C=O) groups is 1. The molecule has 1 amide bonds. The van der Waals surface area contributed by atoms with E-state index in [2.05, 4.69) is 21.2 Å². The zero-order valence-electron chi connectivity index (χ0n) is 7.66. The van der Waals surface area contributed by atoms with Crippen molar-refractivity contribution in [2.24, 2.45) is 5.73 Å². The second kappa shape index (κ2) is 4.10. The van der Waals surface area contributed by atoms with Crippen molar-refractivity contribution in [3.63, 3.8) is 0 Å². The molecule has 0 saturated heterocycles. The van der Waals surface area contributed by atoms with Gasteiger partial charge in [-0.1, -0.05) is 12.8 Å². The molecular formula is C8H13BrF2N2O. The first-order valence-corrected chi connectivity index (χ1v) is 5.27. The fourth-order valence-electron chi connectivity index (χ4n) is 1.59. The summed E-state index contributed by atoms with van der Waals surface area (Å²) in [6.45, 7) is -0.717. The lowest BCUT2D eigenvalue weighted by Gasteiger charge is -2.22. The van der Waals surface area contributed by atoms with Gasteiger partial charge in [0.15, 0.2) is 0 Å². The molecule has 1 aliphatic rings. The van der Waals surface area contributed by atoms with E-state index in [4.69, 9.17) is 5.73 Å². The maximum absolute atomic E-state index is 12.4. The van der Waals surface area contributed by atoms with Crippen molar-refractivity contribution in [1.29, 1.82) is 0 Å². The molecule has 0 aliphatic heterocycles. The number of amides is 1. The van der Waals surface area contributed by atoms with Gasteiger partial charge < -0.3 is 11.1 Å². The van der Waals surface area contributed by atoms with Gasteiger partial charge >= 0.3 is 4.83 Å². The van der Waals surface area contributed by atoms with Gasteiger partial charge in [0.2, 0.25) is 5.91 Å². The Hall–Kier alpha value is -0.230. The van der Waals surface area contributed by atoms with Crippen molar-refractivity contribution < 1.29 is 13.6 Å². The number of nitrogens with two attached hydrogens (primary N) is 1. The van der Waals surface area contributed by atoms with E-state index in [1.807, 2.05) is 0 Å². The van der Waals surface area contributed by atoms with E-state index < -0.39 is 22.8 Å². The molecule has 3 N–H and O–H groups in total. The molecule has 0 atom stereocenters. The molecule has 14 heavy (non-hydrogen) atoms. The highest BCUT2D eigenvalue weighted by molar-refractivity contribution is 9.10. The fraction of sp³-hybridized carbons (Fsp3) is 0.875. The van der Waals surface area contributed by atoms with Gasteiger partial charge in [-0.2, -0.15) is 8.78 Å². The molecule has 0 aromatic rings. The Bertz CT molecular complexity index is 224. The van der Waals surface area contributed by atoms with Crippen molar-refractivity contribution in [2.45, 2.75) is 36.1 Å². The van der Waals surface area contributed by atoms with Crippen LogP contribution in [-0.2, 0) is 4.79 Å². The van der Waals surface area contributed by atoms with Crippen LogP contribution in [0.1, 0.15) is 25.7 Å². The maximum atomic E-state index is 12.4. The minimum Gasteiger partial charge on any atom is -0.347 e. The highest BCUT2D eigenvalue weighted by Gasteiger charge is 2.38. The van der Waals surface area contributed by atoms with E-state index >= 15 is 0 Å². The van der Waals surface area contributed by atoms with Gasteiger partial charge in [0.25, 0.3) is 0 Å². The van der Waals surface area contributed by atoms with Crippen LogP contribution >= 0.6 is 15.9 Å². The van der Waals surface area contributed by atoms with Gasteiger partial charge in [0.05, 0.1) is 12.1 Å². The Morgan fingerprint density at radius 1 is 1.50 bits per heavy atom. The summed E-state index contributed by atoms with van der Waals surface area (Å²) < 4.78 is 24.7. The molecule has 1 rings (SSSR count). The maximum Gasteiger partial charge on any atom is 0.318 e. The Morgan fingerprint density at radius 2 is 2.00 bits per heavy atom. The van der Waals surface area contributed by atoms with Gasteiger partial charge in [-0.15, -0.1) is 0 Å². The SMILES string of the molecule is NC1(C(=O)NCC(F)(F)Br)CCCC1. The monoisotopic (exact) mass is 270 g/mol. The molecule has 0 radical (unpaired) electrons. The van der Waals surface area contributed by atoms with Crippen LogP contribution in [0.3, 0.4) is 0 Å². The van der Waals surface area contributed by atoms with Crippen LogP contribution in [0.15, 0.2) is 0 Å². The van der Waals surface area contributed by atoms with E-state index in [0.717, 1.165) is 12.8 Å². The minimum atomic E-state index is -3.06. The quantitative estimate of drug-likeness (QED) is 0.761. The van der Waals surface area contributed by atoms with Crippen LogP contribution in [0.5, 0.6) is 0 Å².